The van der Waals surface area contributed by atoms with Gasteiger partial charge in [0.2, 0.25) is 0 Å². The van der Waals surface area contributed by atoms with Crippen molar-refractivity contribution in [3.05, 3.63) is 69.5 Å². The van der Waals surface area contributed by atoms with Gasteiger partial charge in [-0.05, 0) is 36.1 Å². The summed E-state index contributed by atoms with van der Waals surface area (Å²) >= 11 is 0. The highest BCUT2D eigenvalue weighted by atomic mass is 16.6. The molecule has 4 nitrogen and oxygen atoms in total. The summed E-state index contributed by atoms with van der Waals surface area (Å²) in [5.74, 6) is 0.210. The highest BCUT2D eigenvalue weighted by Gasteiger charge is 2.28. The number of fused-ring (bicyclic) bond motifs is 1. The molecule has 0 spiro atoms. The topological polar surface area (TPSA) is 55.2 Å². The minimum Gasteiger partial charge on any atom is -0.376 e. The van der Waals surface area contributed by atoms with E-state index in [-0.39, 0.29) is 16.9 Å². The number of hydrogen-bond donors (Lipinski definition) is 1. The predicted molar refractivity (Wildman–Crippen MR) is 92.5 cm³/mol. The van der Waals surface area contributed by atoms with Gasteiger partial charge in [0, 0.05) is 18.4 Å². The molecule has 120 valence electrons. The largest absolute Gasteiger partial charge is 0.376 e. The Morgan fingerprint density at radius 3 is 2.74 bits per heavy atom. The average molecular weight is 310 g/mol. The van der Waals surface area contributed by atoms with E-state index in [4.69, 9.17) is 0 Å². The van der Waals surface area contributed by atoms with E-state index in [1.54, 1.807) is 0 Å². The molecule has 0 aromatic heterocycles. The Morgan fingerprint density at radius 1 is 1.22 bits per heavy atom. The average Bonchev–Trinajstić information content (AvgIpc) is 2.55. The van der Waals surface area contributed by atoms with Gasteiger partial charge in [-0.3, -0.25) is 10.1 Å². The number of hydrogen-bond acceptors (Lipinski definition) is 3. The lowest BCUT2D eigenvalue weighted by molar-refractivity contribution is -0.431. The number of rotatable bonds is 4. The minimum absolute atomic E-state index is 0.0339. The van der Waals surface area contributed by atoms with Crippen LogP contribution >= 0.6 is 0 Å². The molecule has 1 aliphatic carbocycles. The number of nitrogens with zero attached hydrogens (tertiary/aromatic N) is 1. The molecule has 1 aliphatic rings. The van der Waals surface area contributed by atoms with Crippen LogP contribution in [0.1, 0.15) is 44.7 Å². The van der Waals surface area contributed by atoms with E-state index in [9.17, 15) is 10.1 Å². The zero-order chi connectivity index (χ0) is 16.4. The second-order valence-electron chi connectivity index (χ2n) is 6.35. The van der Waals surface area contributed by atoms with E-state index in [0.717, 1.165) is 18.5 Å². The first kappa shape index (κ1) is 15.5. The van der Waals surface area contributed by atoms with Gasteiger partial charge in [0.15, 0.2) is 0 Å². The summed E-state index contributed by atoms with van der Waals surface area (Å²) in [5.41, 5.74) is 2.34. The first-order valence-electron chi connectivity index (χ1n) is 8.19. The zero-order valence-corrected chi connectivity index (χ0v) is 13.6. The van der Waals surface area contributed by atoms with Gasteiger partial charge in [0.05, 0.1) is 10.6 Å². The second-order valence-corrected chi connectivity index (χ2v) is 6.35. The molecular formula is C19H22N2O2. The number of nitro groups is 1. The van der Waals surface area contributed by atoms with Gasteiger partial charge in [-0.1, -0.05) is 49.4 Å². The van der Waals surface area contributed by atoms with Crippen LogP contribution in [0.25, 0.3) is 10.8 Å². The molecule has 23 heavy (non-hydrogen) atoms. The number of benzene rings is 2. The molecule has 0 heterocycles. The molecule has 4 heteroatoms. The molecule has 3 rings (SSSR count). The van der Waals surface area contributed by atoms with E-state index in [0.29, 0.717) is 12.1 Å². The van der Waals surface area contributed by atoms with Crippen molar-refractivity contribution in [3.8, 4) is 0 Å². The quantitative estimate of drug-likeness (QED) is 0.652. The fourth-order valence-corrected chi connectivity index (χ4v) is 3.49. The van der Waals surface area contributed by atoms with Gasteiger partial charge < -0.3 is 5.32 Å². The van der Waals surface area contributed by atoms with Crippen molar-refractivity contribution < 1.29 is 4.92 Å². The summed E-state index contributed by atoms with van der Waals surface area (Å²) in [6.07, 6.45) is 2.45. The van der Waals surface area contributed by atoms with Crippen LogP contribution < -0.4 is 5.32 Å². The van der Waals surface area contributed by atoms with Crippen LogP contribution in [-0.2, 0) is 0 Å². The molecule has 2 aromatic rings. The normalized spacial score (nSPS) is 19.7. The van der Waals surface area contributed by atoms with Crippen molar-refractivity contribution in [2.24, 2.45) is 5.92 Å². The molecule has 0 fully saturated rings. The first-order chi connectivity index (χ1) is 11.1. The second kappa shape index (κ2) is 6.41. The van der Waals surface area contributed by atoms with E-state index in [1.807, 2.05) is 18.2 Å². The van der Waals surface area contributed by atoms with E-state index < -0.39 is 0 Å². The minimum atomic E-state index is -0.214. The SMILES string of the molecule is C[C@@H]1CCCC([N+](=O)[O-])=C1N[C@@H](C)c1cccc2ccccc12. The first-order valence-corrected chi connectivity index (χ1v) is 8.19. The molecule has 1 N–H and O–H groups in total. The van der Waals surface area contributed by atoms with Crippen molar-refractivity contribution >= 4 is 10.8 Å². The van der Waals surface area contributed by atoms with Crippen LogP contribution in [0, 0.1) is 16.0 Å². The number of nitrogens with one attached hydrogen (secondary N) is 1. The monoisotopic (exact) mass is 310 g/mol. The lowest BCUT2D eigenvalue weighted by Gasteiger charge is -2.26. The molecule has 0 saturated carbocycles. The maximum atomic E-state index is 11.3. The lowest BCUT2D eigenvalue weighted by Crippen LogP contribution is -2.28. The third kappa shape index (κ3) is 3.07. The van der Waals surface area contributed by atoms with Crippen LogP contribution in [-0.4, -0.2) is 4.92 Å². The van der Waals surface area contributed by atoms with Crippen molar-refractivity contribution in [1.29, 1.82) is 0 Å². The summed E-state index contributed by atoms with van der Waals surface area (Å²) < 4.78 is 0. The zero-order valence-electron chi connectivity index (χ0n) is 13.6. The van der Waals surface area contributed by atoms with Crippen LogP contribution in [0.2, 0.25) is 0 Å². The Morgan fingerprint density at radius 2 is 1.96 bits per heavy atom. The van der Waals surface area contributed by atoms with Gasteiger partial charge in [-0.2, -0.15) is 0 Å². The van der Waals surface area contributed by atoms with E-state index >= 15 is 0 Å². The molecule has 0 saturated heterocycles. The van der Waals surface area contributed by atoms with Crippen molar-refractivity contribution in [2.45, 2.75) is 39.2 Å². The molecule has 2 atom stereocenters. The highest BCUT2D eigenvalue weighted by molar-refractivity contribution is 5.86. The fraction of sp³-hybridized carbons (Fsp3) is 0.368. The Kier molecular flexibility index (Phi) is 4.33. The lowest BCUT2D eigenvalue weighted by atomic mass is 9.90. The van der Waals surface area contributed by atoms with Gasteiger partial charge in [-0.25, -0.2) is 0 Å². The standard InChI is InChI=1S/C19H22N2O2/c1-13-7-5-12-18(21(22)23)19(13)20-14(2)16-11-6-9-15-8-3-4-10-17(15)16/h3-4,6,8-11,13-14,20H,5,7,12H2,1-2H3/t13-,14+/m1/s1. The van der Waals surface area contributed by atoms with Crippen LogP contribution in [0.15, 0.2) is 53.9 Å². The highest BCUT2D eigenvalue weighted by Crippen LogP contribution is 2.32. The molecule has 0 aliphatic heterocycles. The Bertz CT molecular complexity index is 762. The molecule has 0 bridgehead atoms. The summed E-state index contributed by atoms with van der Waals surface area (Å²) in [6, 6.07) is 14.5. The van der Waals surface area contributed by atoms with Crippen LogP contribution in [0.3, 0.4) is 0 Å². The van der Waals surface area contributed by atoms with Crippen molar-refractivity contribution in [1.82, 2.24) is 5.32 Å². The maximum Gasteiger partial charge on any atom is 0.265 e. The van der Waals surface area contributed by atoms with Crippen molar-refractivity contribution in [2.75, 3.05) is 0 Å². The van der Waals surface area contributed by atoms with Gasteiger partial charge in [-0.15, -0.1) is 0 Å². The Labute approximate surface area is 136 Å². The molecule has 0 radical (unpaired) electrons. The Balaban J connectivity index is 1.96. The van der Waals surface area contributed by atoms with Crippen LogP contribution in [0.5, 0.6) is 0 Å². The summed E-state index contributed by atoms with van der Waals surface area (Å²) in [7, 11) is 0. The van der Waals surface area contributed by atoms with Crippen molar-refractivity contribution in [3.63, 3.8) is 0 Å². The smallest absolute Gasteiger partial charge is 0.265 e. The molecular weight excluding hydrogens is 288 g/mol. The summed E-state index contributed by atoms with van der Waals surface area (Å²) in [5, 5.41) is 17.2. The van der Waals surface area contributed by atoms with E-state index in [2.05, 4.69) is 43.4 Å². The number of allylic oxidation sites excluding steroid dienone is 2. The van der Waals surface area contributed by atoms with Gasteiger partial charge >= 0.3 is 0 Å². The van der Waals surface area contributed by atoms with Gasteiger partial charge in [0.1, 0.15) is 0 Å². The molecule has 0 amide bonds. The predicted octanol–water partition coefficient (Wildman–Crippen LogP) is 4.80. The van der Waals surface area contributed by atoms with Crippen LogP contribution in [0.4, 0.5) is 0 Å². The maximum absolute atomic E-state index is 11.3. The van der Waals surface area contributed by atoms with E-state index in [1.165, 1.54) is 16.3 Å². The third-order valence-corrected chi connectivity index (χ3v) is 4.74. The van der Waals surface area contributed by atoms with Gasteiger partial charge in [0.25, 0.3) is 5.70 Å². The molecule has 2 aromatic carbocycles. The fourth-order valence-electron chi connectivity index (χ4n) is 3.49. The Hall–Kier alpha value is -2.36. The molecule has 0 unspecified atom stereocenters. The summed E-state index contributed by atoms with van der Waals surface area (Å²) in [6.45, 7) is 4.15. The summed E-state index contributed by atoms with van der Waals surface area (Å²) in [4.78, 5) is 11.1. The third-order valence-electron chi connectivity index (χ3n) is 4.74.